The Morgan fingerprint density at radius 1 is 0.800 bits per heavy atom. The van der Waals surface area contributed by atoms with Gasteiger partial charge >= 0.3 is 73.2 Å². The molecule has 0 unspecified atom stereocenters. The van der Waals surface area contributed by atoms with Crippen LogP contribution in [0.4, 0.5) is 0 Å². The zero-order valence-electron chi connectivity index (χ0n) is 4.51. The van der Waals surface area contributed by atoms with Crippen LogP contribution >= 0.6 is 30.1 Å². The van der Waals surface area contributed by atoms with Crippen LogP contribution in [0.5, 0.6) is 0 Å². The molecule has 7 heteroatoms. The Hall–Kier alpha value is 0.0784. The number of nitrogens with zero attached hydrogens (tertiary/aromatic N) is 3. The molecule has 0 spiro atoms. The standard InChI is InChI=1S/C3AsN3S3/c5-1-8-4(9-2-6)10-3-7. The molecular formula is C3AsN3S3. The second kappa shape index (κ2) is 7.19. The zero-order valence-corrected chi connectivity index (χ0v) is 8.84. The van der Waals surface area contributed by atoms with Crippen molar-refractivity contribution in [2.75, 3.05) is 0 Å². The summed E-state index contributed by atoms with van der Waals surface area (Å²) in [5.41, 5.74) is 0. The van der Waals surface area contributed by atoms with Crippen molar-refractivity contribution < 1.29 is 0 Å². The Kier molecular flexibility index (Phi) is 7.24. The van der Waals surface area contributed by atoms with E-state index >= 15 is 0 Å². The molecule has 0 heterocycles. The van der Waals surface area contributed by atoms with Gasteiger partial charge in [0.25, 0.3) is 0 Å². The van der Waals surface area contributed by atoms with Gasteiger partial charge in [-0.1, -0.05) is 0 Å². The fourth-order valence-corrected chi connectivity index (χ4v) is 7.29. The molecule has 0 aromatic carbocycles. The van der Waals surface area contributed by atoms with Crippen molar-refractivity contribution in [1.29, 1.82) is 15.8 Å². The van der Waals surface area contributed by atoms with Crippen LogP contribution in [0.2, 0.25) is 0 Å². The van der Waals surface area contributed by atoms with Crippen LogP contribution in [-0.2, 0) is 0 Å². The van der Waals surface area contributed by atoms with Gasteiger partial charge in [-0.15, -0.1) is 0 Å². The van der Waals surface area contributed by atoms with E-state index in [0.717, 1.165) is 30.1 Å². The molecule has 0 rings (SSSR count). The molecule has 0 aromatic heterocycles. The fourth-order valence-electron chi connectivity index (χ4n) is 0.156. The first-order chi connectivity index (χ1) is 4.85. The molecule has 0 amide bonds. The predicted octanol–water partition coefficient (Wildman–Crippen LogP) is 1.61. The van der Waals surface area contributed by atoms with Crippen molar-refractivity contribution in [3.8, 4) is 16.2 Å². The summed E-state index contributed by atoms with van der Waals surface area (Å²) in [6, 6.07) is 0. The summed E-state index contributed by atoms with van der Waals surface area (Å²) in [4.78, 5) is 0. The van der Waals surface area contributed by atoms with Gasteiger partial charge in [0.15, 0.2) is 0 Å². The number of rotatable bonds is 3. The molecule has 0 saturated heterocycles. The first-order valence-corrected chi connectivity index (χ1v) is 11.0. The summed E-state index contributed by atoms with van der Waals surface area (Å²) >= 11 is -1.63. The van der Waals surface area contributed by atoms with Gasteiger partial charge in [0, 0.05) is 0 Å². The SMILES string of the molecule is N#CS[As](SC#N)SC#N. The van der Waals surface area contributed by atoms with Crippen molar-refractivity contribution in [3.05, 3.63) is 0 Å². The van der Waals surface area contributed by atoms with Crippen LogP contribution in [0, 0.1) is 32.0 Å². The van der Waals surface area contributed by atoms with E-state index in [2.05, 4.69) is 0 Å². The van der Waals surface area contributed by atoms with Crippen LogP contribution in [0.1, 0.15) is 0 Å². The molecule has 0 N–H and O–H groups in total. The maximum atomic E-state index is 8.19. The van der Waals surface area contributed by atoms with Crippen LogP contribution in [-0.4, -0.2) is 11.2 Å². The Morgan fingerprint density at radius 2 is 1.10 bits per heavy atom. The zero-order chi connectivity index (χ0) is 7.82. The van der Waals surface area contributed by atoms with Crippen molar-refractivity contribution >= 4 is 41.3 Å². The summed E-state index contributed by atoms with van der Waals surface area (Å²) in [5, 5.41) is 30.2. The molecule has 0 fully saturated rings. The molecule has 0 aromatic rings. The quantitative estimate of drug-likeness (QED) is 0.559. The van der Waals surface area contributed by atoms with E-state index in [9.17, 15) is 0 Å². The van der Waals surface area contributed by atoms with Gasteiger partial charge in [0.05, 0.1) is 0 Å². The third kappa shape index (κ3) is 4.91. The Bertz CT molecular complexity index is 172. The average molecular weight is 249 g/mol. The average Bonchev–Trinajstić information content (AvgIpc) is 1.90. The first-order valence-electron chi connectivity index (χ1n) is 1.83. The minimum absolute atomic E-state index is 1.06. The van der Waals surface area contributed by atoms with Gasteiger partial charge < -0.3 is 0 Å². The molecule has 0 atom stereocenters. The van der Waals surface area contributed by atoms with Gasteiger partial charge in [-0.05, 0) is 0 Å². The van der Waals surface area contributed by atoms with E-state index in [-0.39, 0.29) is 0 Å². The van der Waals surface area contributed by atoms with E-state index < -0.39 is 11.2 Å². The van der Waals surface area contributed by atoms with Crippen LogP contribution in [0.3, 0.4) is 0 Å². The van der Waals surface area contributed by atoms with Crippen molar-refractivity contribution in [2.24, 2.45) is 0 Å². The molecule has 0 saturated carbocycles. The van der Waals surface area contributed by atoms with E-state index in [1.807, 2.05) is 16.2 Å². The number of hydrogen-bond acceptors (Lipinski definition) is 6. The van der Waals surface area contributed by atoms with Crippen molar-refractivity contribution in [1.82, 2.24) is 0 Å². The molecule has 0 bridgehead atoms. The summed E-state index contributed by atoms with van der Waals surface area (Å²) < 4.78 is 0. The van der Waals surface area contributed by atoms with Crippen molar-refractivity contribution in [2.45, 2.75) is 0 Å². The third-order valence-corrected chi connectivity index (χ3v) is 12.4. The fraction of sp³-hybridized carbons (Fsp3) is 0. The second-order valence-electron chi connectivity index (χ2n) is 0.771. The maximum absolute atomic E-state index is 8.19. The normalized spacial score (nSPS) is 7.80. The van der Waals surface area contributed by atoms with Crippen LogP contribution < -0.4 is 0 Å². The van der Waals surface area contributed by atoms with Crippen molar-refractivity contribution in [3.63, 3.8) is 0 Å². The summed E-state index contributed by atoms with van der Waals surface area (Å²) in [5.74, 6) is 0. The third-order valence-electron chi connectivity index (χ3n) is 0.346. The number of thiocyanates is 3. The monoisotopic (exact) mass is 249 g/mol. The van der Waals surface area contributed by atoms with E-state index in [0.29, 0.717) is 0 Å². The molecule has 0 aliphatic carbocycles. The van der Waals surface area contributed by atoms with E-state index in [1.165, 1.54) is 0 Å². The van der Waals surface area contributed by atoms with E-state index in [4.69, 9.17) is 15.8 Å². The Balaban J connectivity index is 3.68. The summed E-state index contributed by atoms with van der Waals surface area (Å²) in [6.45, 7) is 0. The topological polar surface area (TPSA) is 71.4 Å². The number of nitriles is 3. The van der Waals surface area contributed by atoms with Gasteiger partial charge in [-0.25, -0.2) is 0 Å². The molecule has 0 aliphatic heterocycles. The minimum atomic E-state index is -1.63. The first kappa shape index (κ1) is 10.1. The van der Waals surface area contributed by atoms with Crippen LogP contribution in [0.25, 0.3) is 0 Å². The Morgan fingerprint density at radius 3 is 1.30 bits per heavy atom. The van der Waals surface area contributed by atoms with Crippen LogP contribution in [0.15, 0.2) is 0 Å². The van der Waals surface area contributed by atoms with Gasteiger partial charge in [-0.3, -0.25) is 0 Å². The molecule has 10 heavy (non-hydrogen) atoms. The molecule has 0 radical (unpaired) electrons. The molecular weight excluding hydrogens is 249 g/mol. The second-order valence-corrected chi connectivity index (χ2v) is 15.5. The summed E-state index contributed by atoms with van der Waals surface area (Å²) in [7, 11) is 3.17. The van der Waals surface area contributed by atoms with Gasteiger partial charge in [-0.2, -0.15) is 0 Å². The Labute approximate surface area is 73.0 Å². The van der Waals surface area contributed by atoms with Gasteiger partial charge in [0.2, 0.25) is 0 Å². The number of hydrogen-bond donors (Lipinski definition) is 0. The molecule has 50 valence electrons. The molecule has 3 nitrogen and oxygen atoms in total. The van der Waals surface area contributed by atoms with Gasteiger partial charge in [0.1, 0.15) is 0 Å². The van der Waals surface area contributed by atoms with E-state index in [1.54, 1.807) is 0 Å². The summed E-state index contributed by atoms with van der Waals surface area (Å²) in [6.07, 6.45) is 0. The molecule has 0 aliphatic rings. The predicted molar refractivity (Wildman–Crippen MR) is 45.4 cm³/mol.